The van der Waals surface area contributed by atoms with Crippen LogP contribution in [0.3, 0.4) is 0 Å². The van der Waals surface area contributed by atoms with Gasteiger partial charge in [-0.25, -0.2) is 0 Å². The summed E-state index contributed by atoms with van der Waals surface area (Å²) in [7, 11) is 1.84. The molecule has 0 saturated carbocycles. The molecule has 88 valence electrons. The van der Waals surface area contributed by atoms with E-state index in [4.69, 9.17) is 4.42 Å². The Morgan fingerprint density at radius 3 is 3.00 bits per heavy atom. The summed E-state index contributed by atoms with van der Waals surface area (Å²) in [6.07, 6.45) is 3.69. The molecule has 1 aromatic rings. The molecule has 4 heteroatoms. The summed E-state index contributed by atoms with van der Waals surface area (Å²) < 4.78 is 5.30. The fraction of sp³-hybridized carbons (Fsp3) is 0.583. The van der Waals surface area contributed by atoms with E-state index in [1.807, 2.05) is 19.2 Å². The molecule has 1 N–H and O–H groups in total. The van der Waals surface area contributed by atoms with Crippen molar-refractivity contribution in [2.75, 3.05) is 18.5 Å². The monoisotopic (exact) mass is 222 g/mol. The first-order valence-corrected chi connectivity index (χ1v) is 5.76. The van der Waals surface area contributed by atoms with Crippen LogP contribution in [0.1, 0.15) is 19.8 Å². The number of furan rings is 1. The molecule has 1 saturated heterocycles. The molecule has 2 rings (SSSR count). The minimum absolute atomic E-state index is 0.104. The maximum atomic E-state index is 12.3. The summed E-state index contributed by atoms with van der Waals surface area (Å²) in [6, 6.07) is 3.54. The zero-order valence-corrected chi connectivity index (χ0v) is 9.77. The molecule has 2 heterocycles. The molecule has 1 amide bonds. The van der Waals surface area contributed by atoms with Crippen LogP contribution >= 0.6 is 0 Å². The van der Waals surface area contributed by atoms with Gasteiger partial charge in [-0.05, 0) is 31.9 Å². The molecule has 0 radical (unpaired) electrons. The van der Waals surface area contributed by atoms with Crippen LogP contribution in [0.4, 0.5) is 5.88 Å². The lowest BCUT2D eigenvalue weighted by molar-refractivity contribution is -0.121. The van der Waals surface area contributed by atoms with E-state index in [0.29, 0.717) is 11.8 Å². The Hall–Kier alpha value is -1.29. The van der Waals surface area contributed by atoms with Crippen molar-refractivity contribution in [2.24, 2.45) is 5.92 Å². The highest BCUT2D eigenvalue weighted by Crippen LogP contribution is 2.23. The lowest BCUT2D eigenvalue weighted by Crippen LogP contribution is -2.47. The van der Waals surface area contributed by atoms with Crippen LogP contribution in [0.25, 0.3) is 0 Å². The summed E-state index contributed by atoms with van der Waals surface area (Å²) in [5.41, 5.74) is 0. The summed E-state index contributed by atoms with van der Waals surface area (Å²) in [6.45, 7) is 2.86. The third-order valence-corrected chi connectivity index (χ3v) is 3.23. The molecule has 0 aromatic carbocycles. The van der Waals surface area contributed by atoms with Gasteiger partial charge < -0.3 is 9.73 Å². The molecule has 1 aromatic heterocycles. The van der Waals surface area contributed by atoms with Crippen molar-refractivity contribution >= 4 is 11.8 Å². The Kier molecular flexibility index (Phi) is 3.29. The molecule has 2 atom stereocenters. The van der Waals surface area contributed by atoms with E-state index < -0.39 is 0 Å². The van der Waals surface area contributed by atoms with Gasteiger partial charge in [0.15, 0.2) is 0 Å². The molecule has 2 unspecified atom stereocenters. The number of hydrogen-bond donors (Lipinski definition) is 1. The summed E-state index contributed by atoms with van der Waals surface area (Å²) in [4.78, 5) is 14.0. The third kappa shape index (κ3) is 1.97. The number of carbonyl (C=O) groups excluding carboxylic acids is 1. The Balaban J connectivity index is 2.23. The van der Waals surface area contributed by atoms with E-state index in [1.54, 1.807) is 11.2 Å². The van der Waals surface area contributed by atoms with Crippen molar-refractivity contribution in [3.05, 3.63) is 18.4 Å². The van der Waals surface area contributed by atoms with E-state index in [2.05, 4.69) is 12.2 Å². The van der Waals surface area contributed by atoms with Crippen molar-refractivity contribution < 1.29 is 9.21 Å². The van der Waals surface area contributed by atoms with Crippen LogP contribution in [0.2, 0.25) is 0 Å². The zero-order valence-electron chi connectivity index (χ0n) is 9.77. The minimum atomic E-state index is -0.104. The quantitative estimate of drug-likeness (QED) is 0.827. The molecule has 1 aliphatic heterocycles. The second-order valence-corrected chi connectivity index (χ2v) is 4.33. The van der Waals surface area contributed by atoms with E-state index in [0.717, 1.165) is 19.4 Å². The number of nitrogens with zero attached hydrogens (tertiary/aromatic N) is 1. The van der Waals surface area contributed by atoms with Gasteiger partial charge in [-0.2, -0.15) is 0 Å². The van der Waals surface area contributed by atoms with Crippen molar-refractivity contribution in [2.45, 2.75) is 25.8 Å². The third-order valence-electron chi connectivity index (χ3n) is 3.23. The highest BCUT2D eigenvalue weighted by Gasteiger charge is 2.32. The lowest BCUT2D eigenvalue weighted by Gasteiger charge is -2.24. The second-order valence-electron chi connectivity index (χ2n) is 4.33. The summed E-state index contributed by atoms with van der Waals surface area (Å²) in [5, 5.41) is 3.10. The molecule has 0 aliphatic carbocycles. The van der Waals surface area contributed by atoms with Gasteiger partial charge in [0.2, 0.25) is 11.8 Å². The van der Waals surface area contributed by atoms with Gasteiger partial charge >= 0.3 is 0 Å². The van der Waals surface area contributed by atoms with Gasteiger partial charge in [0.1, 0.15) is 0 Å². The highest BCUT2D eigenvalue weighted by atomic mass is 16.3. The Labute approximate surface area is 95.6 Å². The number of likely N-dealkylation sites (N-methyl/N-ethyl adjacent to an activating group) is 1. The fourth-order valence-electron chi connectivity index (χ4n) is 2.31. The first kappa shape index (κ1) is 11.2. The van der Waals surface area contributed by atoms with E-state index in [9.17, 15) is 4.79 Å². The highest BCUT2D eigenvalue weighted by molar-refractivity contribution is 5.96. The predicted octanol–water partition coefficient (Wildman–Crippen LogP) is 1.63. The van der Waals surface area contributed by atoms with Crippen molar-refractivity contribution in [1.82, 2.24) is 5.32 Å². The van der Waals surface area contributed by atoms with E-state index in [-0.39, 0.29) is 11.9 Å². The van der Waals surface area contributed by atoms with Gasteiger partial charge in [0.05, 0.1) is 12.3 Å². The van der Waals surface area contributed by atoms with Crippen LogP contribution in [0, 0.1) is 5.92 Å². The molecule has 0 spiro atoms. The number of amides is 1. The predicted molar refractivity (Wildman–Crippen MR) is 62.3 cm³/mol. The maximum absolute atomic E-state index is 12.3. The average molecular weight is 222 g/mol. The molecular formula is C12H18N2O2. The largest absolute Gasteiger partial charge is 0.448 e. The van der Waals surface area contributed by atoms with Crippen LogP contribution in [-0.2, 0) is 4.79 Å². The van der Waals surface area contributed by atoms with Crippen molar-refractivity contribution in [1.29, 1.82) is 0 Å². The number of rotatable bonds is 2. The average Bonchev–Trinajstić information content (AvgIpc) is 2.74. The van der Waals surface area contributed by atoms with Gasteiger partial charge in [0.25, 0.3) is 0 Å². The van der Waals surface area contributed by atoms with Crippen LogP contribution in [-0.4, -0.2) is 25.5 Å². The van der Waals surface area contributed by atoms with E-state index in [1.165, 1.54) is 0 Å². The first-order chi connectivity index (χ1) is 7.74. The lowest BCUT2D eigenvalue weighted by atomic mass is 9.98. The van der Waals surface area contributed by atoms with Crippen LogP contribution in [0.5, 0.6) is 0 Å². The van der Waals surface area contributed by atoms with Gasteiger partial charge in [-0.3, -0.25) is 9.69 Å². The smallest absolute Gasteiger partial charge is 0.246 e. The SMILES string of the molecule is CNC1C(=O)N(c2ccco2)CCCC1C. The Morgan fingerprint density at radius 2 is 2.38 bits per heavy atom. The first-order valence-electron chi connectivity index (χ1n) is 5.76. The molecule has 0 bridgehead atoms. The van der Waals surface area contributed by atoms with Gasteiger partial charge in [-0.1, -0.05) is 6.92 Å². The van der Waals surface area contributed by atoms with Gasteiger partial charge in [0, 0.05) is 12.6 Å². The summed E-state index contributed by atoms with van der Waals surface area (Å²) >= 11 is 0. The van der Waals surface area contributed by atoms with Crippen LogP contribution < -0.4 is 10.2 Å². The molecule has 16 heavy (non-hydrogen) atoms. The molecule has 1 aliphatic rings. The molecule has 4 nitrogen and oxygen atoms in total. The number of anilines is 1. The normalized spacial score (nSPS) is 26.9. The maximum Gasteiger partial charge on any atom is 0.246 e. The number of hydrogen-bond acceptors (Lipinski definition) is 3. The standard InChI is InChI=1S/C12H18N2O2/c1-9-5-3-7-14(10-6-4-8-16-10)12(15)11(9)13-2/h4,6,8-9,11,13H,3,5,7H2,1-2H3. The van der Waals surface area contributed by atoms with Crippen molar-refractivity contribution in [3.63, 3.8) is 0 Å². The second kappa shape index (κ2) is 4.70. The number of carbonyl (C=O) groups is 1. The molecule has 1 fully saturated rings. The van der Waals surface area contributed by atoms with E-state index >= 15 is 0 Å². The van der Waals surface area contributed by atoms with Gasteiger partial charge in [-0.15, -0.1) is 0 Å². The molecular weight excluding hydrogens is 204 g/mol. The van der Waals surface area contributed by atoms with Crippen molar-refractivity contribution in [3.8, 4) is 0 Å². The Bertz CT molecular complexity index is 348. The minimum Gasteiger partial charge on any atom is -0.448 e. The zero-order chi connectivity index (χ0) is 11.5. The van der Waals surface area contributed by atoms with Crippen LogP contribution in [0.15, 0.2) is 22.8 Å². The topological polar surface area (TPSA) is 45.5 Å². The number of nitrogens with one attached hydrogen (secondary N) is 1. The fourth-order valence-corrected chi connectivity index (χ4v) is 2.31. The summed E-state index contributed by atoms with van der Waals surface area (Å²) in [5.74, 6) is 1.14. The Morgan fingerprint density at radius 1 is 1.56 bits per heavy atom.